The highest BCUT2D eigenvalue weighted by Gasteiger charge is 2.25. The largest absolute Gasteiger partial charge is 0.336 e. The van der Waals surface area contributed by atoms with Gasteiger partial charge in [0, 0.05) is 30.1 Å². The maximum atomic E-state index is 12.4. The van der Waals surface area contributed by atoms with Crippen LogP contribution >= 0.6 is 15.9 Å². The lowest BCUT2D eigenvalue weighted by molar-refractivity contribution is 0.0571. The number of halogens is 1. The van der Waals surface area contributed by atoms with Gasteiger partial charge in [0.25, 0.3) is 5.91 Å². The monoisotopic (exact) mass is 296 g/mol. The summed E-state index contributed by atoms with van der Waals surface area (Å²) in [7, 11) is 2.10. The SMILES string of the molecule is CC1CN(C(=O)c2ccccc2Br)CCN1C. The molecule has 0 spiro atoms. The fourth-order valence-electron chi connectivity index (χ4n) is 2.04. The predicted octanol–water partition coefficient (Wildman–Crippen LogP) is 2.23. The van der Waals surface area contributed by atoms with Gasteiger partial charge in [-0.2, -0.15) is 0 Å². The molecule has 1 unspecified atom stereocenters. The standard InChI is InChI=1S/C13H17BrN2O/c1-10-9-16(8-7-15(10)2)13(17)11-5-3-4-6-12(11)14/h3-6,10H,7-9H2,1-2H3. The first-order valence-electron chi connectivity index (χ1n) is 5.83. The lowest BCUT2D eigenvalue weighted by atomic mass is 10.1. The van der Waals surface area contributed by atoms with Gasteiger partial charge < -0.3 is 9.80 Å². The van der Waals surface area contributed by atoms with Crippen LogP contribution in [-0.4, -0.2) is 48.4 Å². The van der Waals surface area contributed by atoms with Crippen molar-refractivity contribution in [3.05, 3.63) is 34.3 Å². The summed E-state index contributed by atoms with van der Waals surface area (Å²) >= 11 is 3.43. The van der Waals surface area contributed by atoms with E-state index in [1.807, 2.05) is 29.2 Å². The Labute approximate surface area is 111 Å². The van der Waals surface area contributed by atoms with Crippen molar-refractivity contribution >= 4 is 21.8 Å². The molecule has 0 aromatic heterocycles. The molecule has 0 radical (unpaired) electrons. The average Bonchev–Trinajstić information content (AvgIpc) is 2.32. The quantitative estimate of drug-likeness (QED) is 0.793. The Balaban J connectivity index is 2.14. The fourth-order valence-corrected chi connectivity index (χ4v) is 2.49. The molecule has 1 amide bonds. The number of hydrogen-bond donors (Lipinski definition) is 0. The molecule has 0 N–H and O–H groups in total. The third-order valence-corrected chi connectivity index (χ3v) is 4.04. The first-order chi connectivity index (χ1) is 8.09. The molecule has 1 aliphatic heterocycles. The van der Waals surface area contributed by atoms with Crippen molar-refractivity contribution in [2.45, 2.75) is 13.0 Å². The summed E-state index contributed by atoms with van der Waals surface area (Å²) < 4.78 is 0.872. The molecule has 0 saturated carbocycles. The van der Waals surface area contributed by atoms with E-state index < -0.39 is 0 Å². The molecule has 1 heterocycles. The Morgan fingerprint density at radius 1 is 1.35 bits per heavy atom. The van der Waals surface area contributed by atoms with Crippen molar-refractivity contribution in [3.8, 4) is 0 Å². The molecule has 1 atom stereocenters. The summed E-state index contributed by atoms with van der Waals surface area (Å²) in [5.74, 6) is 0.123. The maximum absolute atomic E-state index is 12.4. The van der Waals surface area contributed by atoms with Gasteiger partial charge in [0.2, 0.25) is 0 Å². The second kappa shape index (κ2) is 5.19. The van der Waals surface area contributed by atoms with Gasteiger partial charge in [-0.3, -0.25) is 4.79 Å². The van der Waals surface area contributed by atoms with Gasteiger partial charge in [0.1, 0.15) is 0 Å². The lowest BCUT2D eigenvalue weighted by Gasteiger charge is -2.37. The topological polar surface area (TPSA) is 23.6 Å². The van der Waals surface area contributed by atoms with Crippen LogP contribution in [0.1, 0.15) is 17.3 Å². The zero-order valence-corrected chi connectivity index (χ0v) is 11.8. The molecule has 1 aromatic carbocycles. The third-order valence-electron chi connectivity index (χ3n) is 3.35. The second-order valence-electron chi connectivity index (χ2n) is 4.56. The summed E-state index contributed by atoms with van der Waals surface area (Å²) in [5, 5.41) is 0. The van der Waals surface area contributed by atoms with E-state index in [1.54, 1.807) is 0 Å². The minimum absolute atomic E-state index is 0.123. The Morgan fingerprint density at radius 2 is 2.06 bits per heavy atom. The van der Waals surface area contributed by atoms with Crippen molar-refractivity contribution < 1.29 is 4.79 Å². The molecule has 0 aliphatic carbocycles. The van der Waals surface area contributed by atoms with E-state index in [2.05, 4.69) is 34.8 Å². The van der Waals surface area contributed by atoms with E-state index in [-0.39, 0.29) is 5.91 Å². The fraction of sp³-hybridized carbons (Fsp3) is 0.462. The van der Waals surface area contributed by atoms with Gasteiger partial charge in [0.05, 0.1) is 5.56 Å². The number of rotatable bonds is 1. The molecule has 1 fully saturated rings. The first kappa shape index (κ1) is 12.6. The number of likely N-dealkylation sites (N-methyl/N-ethyl adjacent to an activating group) is 1. The van der Waals surface area contributed by atoms with Gasteiger partial charge in [-0.25, -0.2) is 0 Å². The number of amides is 1. The molecular formula is C13H17BrN2O. The van der Waals surface area contributed by atoms with Gasteiger partial charge in [-0.1, -0.05) is 12.1 Å². The highest BCUT2D eigenvalue weighted by atomic mass is 79.9. The summed E-state index contributed by atoms with van der Waals surface area (Å²) in [5.41, 5.74) is 0.754. The first-order valence-corrected chi connectivity index (χ1v) is 6.63. The third kappa shape index (κ3) is 2.69. The van der Waals surface area contributed by atoms with Crippen molar-refractivity contribution in [1.29, 1.82) is 0 Å². The van der Waals surface area contributed by atoms with Crippen LogP contribution in [0.3, 0.4) is 0 Å². The van der Waals surface area contributed by atoms with Crippen LogP contribution < -0.4 is 0 Å². The Hall–Kier alpha value is -0.870. The van der Waals surface area contributed by atoms with Gasteiger partial charge in [-0.15, -0.1) is 0 Å². The van der Waals surface area contributed by atoms with E-state index in [9.17, 15) is 4.79 Å². The Morgan fingerprint density at radius 3 is 2.71 bits per heavy atom. The second-order valence-corrected chi connectivity index (χ2v) is 5.41. The predicted molar refractivity (Wildman–Crippen MR) is 72.1 cm³/mol. The van der Waals surface area contributed by atoms with Gasteiger partial charge in [-0.05, 0) is 42.0 Å². The smallest absolute Gasteiger partial charge is 0.255 e. The van der Waals surface area contributed by atoms with Crippen molar-refractivity contribution in [1.82, 2.24) is 9.80 Å². The molecule has 0 bridgehead atoms. The van der Waals surface area contributed by atoms with Crippen LogP contribution in [0.4, 0.5) is 0 Å². The van der Waals surface area contributed by atoms with Gasteiger partial charge >= 0.3 is 0 Å². The lowest BCUT2D eigenvalue weighted by Crippen LogP contribution is -2.52. The summed E-state index contributed by atoms with van der Waals surface area (Å²) in [4.78, 5) is 16.6. The Kier molecular flexibility index (Phi) is 3.84. The van der Waals surface area contributed by atoms with E-state index in [0.717, 1.165) is 29.7 Å². The Bertz CT molecular complexity index is 422. The van der Waals surface area contributed by atoms with Crippen LogP contribution in [0.5, 0.6) is 0 Å². The number of piperazine rings is 1. The number of nitrogens with zero attached hydrogens (tertiary/aromatic N) is 2. The van der Waals surface area contributed by atoms with Gasteiger partial charge in [0.15, 0.2) is 0 Å². The summed E-state index contributed by atoms with van der Waals surface area (Å²) in [6.45, 7) is 4.70. The molecule has 1 aliphatic rings. The van der Waals surface area contributed by atoms with Crippen LogP contribution in [0.25, 0.3) is 0 Å². The van der Waals surface area contributed by atoms with E-state index >= 15 is 0 Å². The maximum Gasteiger partial charge on any atom is 0.255 e. The molecule has 92 valence electrons. The number of carbonyl (C=O) groups is 1. The number of carbonyl (C=O) groups excluding carboxylic acids is 1. The van der Waals surface area contributed by atoms with Crippen LogP contribution in [0, 0.1) is 0 Å². The molecule has 3 nitrogen and oxygen atoms in total. The van der Waals surface area contributed by atoms with Crippen LogP contribution in [0.2, 0.25) is 0 Å². The normalized spacial score (nSPS) is 21.6. The van der Waals surface area contributed by atoms with Crippen molar-refractivity contribution in [2.75, 3.05) is 26.7 Å². The minimum Gasteiger partial charge on any atom is -0.336 e. The summed E-state index contributed by atoms with van der Waals surface area (Å²) in [6, 6.07) is 8.03. The van der Waals surface area contributed by atoms with Crippen molar-refractivity contribution in [3.63, 3.8) is 0 Å². The van der Waals surface area contributed by atoms with E-state index in [1.165, 1.54) is 0 Å². The highest BCUT2D eigenvalue weighted by Crippen LogP contribution is 2.19. The number of benzene rings is 1. The molecule has 4 heteroatoms. The molecular weight excluding hydrogens is 280 g/mol. The zero-order chi connectivity index (χ0) is 12.4. The zero-order valence-electron chi connectivity index (χ0n) is 10.2. The summed E-state index contributed by atoms with van der Waals surface area (Å²) in [6.07, 6.45) is 0. The number of hydrogen-bond acceptors (Lipinski definition) is 2. The molecule has 2 rings (SSSR count). The highest BCUT2D eigenvalue weighted by molar-refractivity contribution is 9.10. The van der Waals surface area contributed by atoms with Crippen molar-refractivity contribution in [2.24, 2.45) is 0 Å². The van der Waals surface area contributed by atoms with Crippen LogP contribution in [-0.2, 0) is 0 Å². The van der Waals surface area contributed by atoms with E-state index in [4.69, 9.17) is 0 Å². The average molecular weight is 297 g/mol. The molecule has 17 heavy (non-hydrogen) atoms. The van der Waals surface area contributed by atoms with Crippen LogP contribution in [0.15, 0.2) is 28.7 Å². The minimum atomic E-state index is 0.123. The van der Waals surface area contributed by atoms with E-state index in [0.29, 0.717) is 6.04 Å². The molecule has 1 saturated heterocycles. The molecule has 1 aromatic rings.